The van der Waals surface area contributed by atoms with E-state index >= 15 is 0 Å². The predicted octanol–water partition coefficient (Wildman–Crippen LogP) is 3.69. The van der Waals surface area contributed by atoms with Gasteiger partial charge in [0.15, 0.2) is 0 Å². The molecular formula is C11H15S. The molecule has 0 saturated heterocycles. The normalized spacial score (nSPS) is 11.7. The Bertz CT molecular complexity index is 258. The molecule has 1 aromatic rings. The van der Waals surface area contributed by atoms with Crippen molar-refractivity contribution in [2.45, 2.75) is 37.3 Å². The highest BCUT2D eigenvalue weighted by Gasteiger charge is 2.11. The standard InChI is InChI=1S/C11H15S/c1-9-6-5-7-10(8-9)12-11(2,3)4/h5,7-8H,1-4H3. The summed E-state index contributed by atoms with van der Waals surface area (Å²) in [7, 11) is 0. The van der Waals surface area contributed by atoms with Crippen molar-refractivity contribution in [2.24, 2.45) is 0 Å². The van der Waals surface area contributed by atoms with Gasteiger partial charge in [-0.05, 0) is 30.7 Å². The molecule has 0 aliphatic heterocycles. The Morgan fingerprint density at radius 3 is 2.50 bits per heavy atom. The van der Waals surface area contributed by atoms with E-state index in [4.69, 9.17) is 0 Å². The molecular weight excluding hydrogens is 164 g/mol. The summed E-state index contributed by atoms with van der Waals surface area (Å²) in [6.07, 6.45) is 0. The Kier molecular flexibility index (Phi) is 2.84. The van der Waals surface area contributed by atoms with E-state index < -0.39 is 0 Å². The summed E-state index contributed by atoms with van der Waals surface area (Å²) in [6.45, 7) is 8.75. The van der Waals surface area contributed by atoms with E-state index in [1.807, 2.05) is 17.8 Å². The lowest BCUT2D eigenvalue weighted by molar-refractivity contribution is 0.803. The summed E-state index contributed by atoms with van der Waals surface area (Å²) >= 11 is 1.89. The van der Waals surface area contributed by atoms with Crippen molar-refractivity contribution in [3.8, 4) is 0 Å². The minimum Gasteiger partial charge on any atom is -0.120 e. The number of hydrogen-bond donors (Lipinski definition) is 0. The van der Waals surface area contributed by atoms with Crippen molar-refractivity contribution < 1.29 is 0 Å². The molecule has 0 bridgehead atoms. The van der Waals surface area contributed by atoms with Crippen LogP contribution in [0, 0.1) is 13.0 Å². The number of aryl methyl sites for hydroxylation is 1. The molecule has 12 heavy (non-hydrogen) atoms. The second-order valence-corrected chi connectivity index (χ2v) is 5.82. The van der Waals surface area contributed by atoms with Gasteiger partial charge in [0.2, 0.25) is 0 Å². The van der Waals surface area contributed by atoms with Gasteiger partial charge in [-0.3, -0.25) is 0 Å². The van der Waals surface area contributed by atoms with Crippen LogP contribution >= 0.6 is 11.8 Å². The number of benzene rings is 1. The van der Waals surface area contributed by atoms with Gasteiger partial charge in [-0.2, -0.15) is 0 Å². The van der Waals surface area contributed by atoms with E-state index in [2.05, 4.69) is 45.9 Å². The first-order valence-electron chi connectivity index (χ1n) is 4.15. The second kappa shape index (κ2) is 3.53. The molecule has 1 aromatic carbocycles. The third-order valence-electron chi connectivity index (χ3n) is 1.34. The maximum Gasteiger partial charge on any atom is 0.0122 e. The molecule has 1 heteroatoms. The molecule has 1 rings (SSSR count). The molecule has 0 fully saturated rings. The average molecular weight is 179 g/mol. The van der Waals surface area contributed by atoms with Crippen LogP contribution in [0.5, 0.6) is 0 Å². The van der Waals surface area contributed by atoms with Crippen LogP contribution in [0.25, 0.3) is 0 Å². The van der Waals surface area contributed by atoms with Crippen molar-refractivity contribution in [3.05, 3.63) is 29.8 Å². The van der Waals surface area contributed by atoms with Crippen LogP contribution in [-0.4, -0.2) is 4.75 Å². The zero-order valence-corrected chi connectivity index (χ0v) is 8.96. The minimum atomic E-state index is 0.299. The highest BCUT2D eigenvalue weighted by molar-refractivity contribution is 8.00. The van der Waals surface area contributed by atoms with E-state index in [-0.39, 0.29) is 0 Å². The topological polar surface area (TPSA) is 0 Å². The molecule has 0 aliphatic carbocycles. The first kappa shape index (κ1) is 9.66. The lowest BCUT2D eigenvalue weighted by Crippen LogP contribution is -2.06. The third-order valence-corrected chi connectivity index (χ3v) is 2.44. The number of thioether (sulfide) groups is 1. The van der Waals surface area contributed by atoms with Gasteiger partial charge in [0, 0.05) is 9.64 Å². The summed E-state index contributed by atoms with van der Waals surface area (Å²) < 4.78 is 0.299. The van der Waals surface area contributed by atoms with Gasteiger partial charge in [0.25, 0.3) is 0 Å². The Morgan fingerprint density at radius 1 is 1.33 bits per heavy atom. The van der Waals surface area contributed by atoms with Crippen LogP contribution in [0.1, 0.15) is 26.3 Å². The molecule has 65 valence electrons. The van der Waals surface area contributed by atoms with Gasteiger partial charge in [-0.1, -0.05) is 26.8 Å². The monoisotopic (exact) mass is 179 g/mol. The average Bonchev–Trinajstić information content (AvgIpc) is 1.82. The van der Waals surface area contributed by atoms with Gasteiger partial charge in [0.1, 0.15) is 0 Å². The number of hydrogen-bond acceptors (Lipinski definition) is 1. The predicted molar refractivity (Wildman–Crippen MR) is 55.6 cm³/mol. The molecule has 0 aromatic heterocycles. The number of rotatable bonds is 1. The largest absolute Gasteiger partial charge is 0.120 e. The Morgan fingerprint density at radius 2 is 2.00 bits per heavy atom. The maximum absolute atomic E-state index is 3.14. The summed E-state index contributed by atoms with van der Waals surface area (Å²) in [5.74, 6) is 0. The third kappa shape index (κ3) is 3.31. The van der Waals surface area contributed by atoms with Crippen molar-refractivity contribution in [1.29, 1.82) is 0 Å². The fourth-order valence-electron chi connectivity index (χ4n) is 0.975. The zero-order valence-electron chi connectivity index (χ0n) is 8.14. The van der Waals surface area contributed by atoms with Crippen LogP contribution in [0.15, 0.2) is 23.1 Å². The van der Waals surface area contributed by atoms with Crippen molar-refractivity contribution in [3.63, 3.8) is 0 Å². The lowest BCUT2D eigenvalue weighted by atomic mass is 10.2. The maximum atomic E-state index is 3.14. The summed E-state index contributed by atoms with van der Waals surface area (Å²) in [4.78, 5) is 1.33. The van der Waals surface area contributed by atoms with Crippen LogP contribution in [0.2, 0.25) is 0 Å². The first-order valence-corrected chi connectivity index (χ1v) is 4.96. The van der Waals surface area contributed by atoms with Crippen LogP contribution in [0.4, 0.5) is 0 Å². The molecule has 0 atom stereocenters. The van der Waals surface area contributed by atoms with E-state index in [0.717, 1.165) is 0 Å². The van der Waals surface area contributed by atoms with Gasteiger partial charge >= 0.3 is 0 Å². The highest BCUT2D eigenvalue weighted by atomic mass is 32.2. The van der Waals surface area contributed by atoms with Crippen molar-refractivity contribution in [2.75, 3.05) is 0 Å². The Labute approximate surface area is 79.4 Å². The molecule has 0 amide bonds. The smallest absolute Gasteiger partial charge is 0.0122 e. The minimum absolute atomic E-state index is 0.299. The van der Waals surface area contributed by atoms with Gasteiger partial charge < -0.3 is 0 Å². The Balaban J connectivity index is 2.77. The van der Waals surface area contributed by atoms with Gasteiger partial charge in [-0.25, -0.2) is 0 Å². The summed E-state index contributed by atoms with van der Waals surface area (Å²) in [5.41, 5.74) is 1.21. The zero-order chi connectivity index (χ0) is 9.19. The van der Waals surface area contributed by atoms with E-state index in [1.165, 1.54) is 10.5 Å². The lowest BCUT2D eigenvalue weighted by Gasteiger charge is -2.17. The van der Waals surface area contributed by atoms with Crippen molar-refractivity contribution in [1.82, 2.24) is 0 Å². The quantitative estimate of drug-likeness (QED) is 0.592. The molecule has 0 nitrogen and oxygen atoms in total. The van der Waals surface area contributed by atoms with E-state index in [0.29, 0.717) is 4.75 Å². The fourth-order valence-corrected chi connectivity index (χ4v) is 2.05. The fraction of sp³-hybridized carbons (Fsp3) is 0.455. The molecule has 0 N–H and O–H groups in total. The van der Waals surface area contributed by atoms with Crippen LogP contribution < -0.4 is 0 Å². The van der Waals surface area contributed by atoms with Gasteiger partial charge in [-0.15, -0.1) is 11.8 Å². The highest BCUT2D eigenvalue weighted by Crippen LogP contribution is 2.31. The van der Waals surface area contributed by atoms with Crippen LogP contribution in [0.3, 0.4) is 0 Å². The van der Waals surface area contributed by atoms with E-state index in [1.54, 1.807) is 0 Å². The molecule has 0 spiro atoms. The SMILES string of the molecule is Cc1[c]ccc(SC(C)(C)C)c1. The van der Waals surface area contributed by atoms with E-state index in [9.17, 15) is 0 Å². The molecule has 1 radical (unpaired) electrons. The molecule has 0 unspecified atom stereocenters. The summed E-state index contributed by atoms with van der Waals surface area (Å²) in [5, 5.41) is 0. The van der Waals surface area contributed by atoms with Crippen LogP contribution in [-0.2, 0) is 0 Å². The second-order valence-electron chi connectivity index (χ2n) is 3.92. The van der Waals surface area contributed by atoms with Gasteiger partial charge in [0.05, 0.1) is 0 Å². The summed E-state index contributed by atoms with van der Waals surface area (Å²) in [6, 6.07) is 9.42. The van der Waals surface area contributed by atoms with Crippen molar-refractivity contribution >= 4 is 11.8 Å². The Hall–Kier alpha value is -0.430. The molecule has 0 heterocycles. The first-order chi connectivity index (χ1) is 5.47. The molecule has 0 aliphatic rings. The molecule has 0 saturated carbocycles.